The molecule has 4 N–H and O–H groups in total. The highest BCUT2D eigenvalue weighted by Gasteiger charge is 2.50. The summed E-state index contributed by atoms with van der Waals surface area (Å²) in [6, 6.07) is 6.26. The largest absolute Gasteiger partial charge is 0.443 e. The molecular weight excluding hydrogens is 529 g/mol. The Balaban J connectivity index is 1.77. The van der Waals surface area contributed by atoms with Gasteiger partial charge in [0.2, 0.25) is 10.0 Å². The predicted octanol–water partition coefficient (Wildman–Crippen LogP) is 4.53. The fourth-order valence-corrected chi connectivity index (χ4v) is 6.42. The Bertz CT molecular complexity index is 1270. The van der Waals surface area contributed by atoms with Crippen molar-refractivity contribution in [2.45, 2.75) is 36.5 Å². The number of halogens is 3. The summed E-state index contributed by atoms with van der Waals surface area (Å²) < 4.78 is 49.1. The Hall–Kier alpha value is -1.92. The number of hydrogen-bond acceptors (Lipinski definition) is 7. The molecule has 2 aromatic carbocycles. The van der Waals surface area contributed by atoms with E-state index in [0.29, 0.717) is 24.9 Å². The smallest absolute Gasteiger partial charge is 0.238 e. The Kier molecular flexibility index (Phi) is 6.38. The SMILES string of the molecule is O=S(=O)(Nc1cc2ocnc2c(F)c1Nc1ccc(Br)cc1Cl)C1(CC(O)CO)CCC1. The number of nitrogens with one attached hydrogen (secondary N) is 2. The molecule has 1 saturated carbocycles. The summed E-state index contributed by atoms with van der Waals surface area (Å²) >= 11 is 9.55. The Morgan fingerprint density at radius 3 is 2.69 bits per heavy atom. The Labute approximate surface area is 197 Å². The van der Waals surface area contributed by atoms with E-state index < -0.39 is 33.3 Å². The number of benzene rings is 2. The molecule has 172 valence electrons. The monoisotopic (exact) mass is 547 g/mol. The molecule has 0 bridgehead atoms. The van der Waals surface area contributed by atoms with Gasteiger partial charge in [-0.1, -0.05) is 34.0 Å². The molecule has 1 aliphatic carbocycles. The van der Waals surface area contributed by atoms with Gasteiger partial charge >= 0.3 is 0 Å². The van der Waals surface area contributed by atoms with Crippen molar-refractivity contribution < 1.29 is 27.4 Å². The fourth-order valence-electron chi connectivity index (χ4n) is 3.79. The van der Waals surface area contributed by atoms with Crippen LogP contribution in [0, 0.1) is 5.82 Å². The number of fused-ring (bicyclic) bond motifs is 1. The molecule has 0 amide bonds. The third-order valence-electron chi connectivity index (χ3n) is 5.66. The first kappa shape index (κ1) is 23.2. The lowest BCUT2D eigenvalue weighted by Gasteiger charge is -2.42. The third-order valence-corrected chi connectivity index (χ3v) is 8.67. The van der Waals surface area contributed by atoms with Crippen LogP contribution in [0.2, 0.25) is 5.02 Å². The van der Waals surface area contributed by atoms with Gasteiger partial charge in [-0.3, -0.25) is 4.72 Å². The minimum absolute atomic E-state index is 0.0608. The molecule has 0 radical (unpaired) electrons. The van der Waals surface area contributed by atoms with Crippen LogP contribution in [0.3, 0.4) is 0 Å². The van der Waals surface area contributed by atoms with Gasteiger partial charge in [0.25, 0.3) is 0 Å². The van der Waals surface area contributed by atoms with Crippen molar-refractivity contribution in [1.82, 2.24) is 4.98 Å². The molecule has 12 heteroatoms. The molecule has 4 rings (SSSR count). The van der Waals surface area contributed by atoms with Gasteiger partial charge in [-0.05, 0) is 37.5 Å². The molecule has 3 aromatic rings. The zero-order valence-electron chi connectivity index (χ0n) is 16.6. The van der Waals surface area contributed by atoms with Crippen molar-refractivity contribution in [3.05, 3.63) is 46.0 Å². The number of sulfonamides is 1. The number of hydrogen-bond donors (Lipinski definition) is 4. The first-order chi connectivity index (χ1) is 15.2. The lowest BCUT2D eigenvalue weighted by Crippen LogP contribution is -2.50. The molecule has 32 heavy (non-hydrogen) atoms. The lowest BCUT2D eigenvalue weighted by atomic mass is 9.80. The van der Waals surface area contributed by atoms with Gasteiger partial charge in [0.1, 0.15) is 11.2 Å². The summed E-state index contributed by atoms with van der Waals surface area (Å²) in [4.78, 5) is 3.86. The highest BCUT2D eigenvalue weighted by molar-refractivity contribution is 9.10. The molecular formula is C20H20BrClFN3O5S. The van der Waals surface area contributed by atoms with Crippen molar-refractivity contribution in [1.29, 1.82) is 0 Å². The van der Waals surface area contributed by atoms with E-state index in [0.717, 1.165) is 10.9 Å². The van der Waals surface area contributed by atoms with Crippen LogP contribution in [0.15, 0.2) is 39.5 Å². The summed E-state index contributed by atoms with van der Waals surface area (Å²) in [6.07, 6.45) is 1.04. The van der Waals surface area contributed by atoms with Crippen molar-refractivity contribution >= 4 is 65.7 Å². The highest BCUT2D eigenvalue weighted by Crippen LogP contribution is 2.45. The first-order valence-corrected chi connectivity index (χ1v) is 12.4. The summed E-state index contributed by atoms with van der Waals surface area (Å²) in [6.45, 7) is -0.551. The average Bonchev–Trinajstić information content (AvgIpc) is 3.17. The minimum Gasteiger partial charge on any atom is -0.443 e. The maximum absolute atomic E-state index is 15.3. The second kappa shape index (κ2) is 8.79. The average molecular weight is 549 g/mol. The Morgan fingerprint density at radius 2 is 2.06 bits per heavy atom. The molecule has 1 unspecified atom stereocenters. The zero-order valence-corrected chi connectivity index (χ0v) is 19.8. The quantitative estimate of drug-likeness (QED) is 0.326. The summed E-state index contributed by atoms with van der Waals surface area (Å²) in [5.74, 6) is -0.814. The summed E-state index contributed by atoms with van der Waals surface area (Å²) in [5.41, 5.74) is 0.0847. The summed E-state index contributed by atoms with van der Waals surface area (Å²) in [7, 11) is -4.07. The normalized spacial score (nSPS) is 16.5. The first-order valence-electron chi connectivity index (χ1n) is 9.75. The van der Waals surface area contributed by atoms with Gasteiger partial charge in [0.15, 0.2) is 17.8 Å². The second-order valence-electron chi connectivity index (χ2n) is 7.74. The van der Waals surface area contributed by atoms with Gasteiger partial charge in [0.05, 0.1) is 33.9 Å². The molecule has 1 fully saturated rings. The van der Waals surface area contributed by atoms with Gasteiger partial charge in [0, 0.05) is 10.5 Å². The van der Waals surface area contributed by atoms with E-state index in [1.807, 2.05) is 0 Å². The van der Waals surface area contributed by atoms with Crippen LogP contribution in [0.5, 0.6) is 0 Å². The van der Waals surface area contributed by atoms with Gasteiger partial charge in [-0.2, -0.15) is 0 Å². The fraction of sp³-hybridized carbons (Fsp3) is 0.350. The van der Waals surface area contributed by atoms with Crippen LogP contribution in [0.4, 0.5) is 21.5 Å². The number of rotatable bonds is 8. The number of nitrogens with zero attached hydrogens (tertiary/aromatic N) is 1. The number of anilines is 3. The lowest BCUT2D eigenvalue weighted by molar-refractivity contribution is 0.0671. The predicted molar refractivity (Wildman–Crippen MR) is 123 cm³/mol. The van der Waals surface area contributed by atoms with Crippen molar-refractivity contribution in [2.75, 3.05) is 16.6 Å². The van der Waals surface area contributed by atoms with E-state index in [4.69, 9.17) is 16.0 Å². The van der Waals surface area contributed by atoms with Gasteiger partial charge < -0.3 is 19.9 Å². The van der Waals surface area contributed by atoms with Crippen LogP contribution in [0.25, 0.3) is 11.1 Å². The van der Waals surface area contributed by atoms with Crippen LogP contribution >= 0.6 is 27.5 Å². The van der Waals surface area contributed by atoms with E-state index >= 15 is 4.39 Å². The number of aromatic nitrogens is 1. The summed E-state index contributed by atoms with van der Waals surface area (Å²) in [5, 5.41) is 22.2. The highest BCUT2D eigenvalue weighted by atomic mass is 79.9. The molecule has 0 aliphatic heterocycles. The second-order valence-corrected chi connectivity index (χ2v) is 11.1. The van der Waals surface area contributed by atoms with Gasteiger partial charge in [-0.15, -0.1) is 0 Å². The Morgan fingerprint density at radius 1 is 1.31 bits per heavy atom. The van der Waals surface area contributed by atoms with Crippen molar-refractivity contribution in [3.63, 3.8) is 0 Å². The van der Waals surface area contributed by atoms with Crippen molar-refractivity contribution in [3.8, 4) is 0 Å². The molecule has 0 spiro atoms. The molecule has 1 heterocycles. The van der Waals surface area contributed by atoms with Gasteiger partial charge in [-0.25, -0.2) is 17.8 Å². The molecule has 1 atom stereocenters. The third kappa shape index (κ3) is 4.19. The van der Waals surface area contributed by atoms with Crippen LogP contribution in [-0.4, -0.2) is 41.1 Å². The van der Waals surface area contributed by atoms with Crippen LogP contribution < -0.4 is 10.0 Å². The van der Waals surface area contributed by atoms with E-state index in [1.165, 1.54) is 6.07 Å². The number of aliphatic hydroxyl groups is 2. The van der Waals surface area contributed by atoms with E-state index in [1.54, 1.807) is 18.2 Å². The minimum atomic E-state index is -4.07. The number of oxazole rings is 1. The van der Waals surface area contributed by atoms with E-state index in [9.17, 15) is 18.6 Å². The molecule has 1 aromatic heterocycles. The maximum Gasteiger partial charge on any atom is 0.238 e. The molecule has 0 saturated heterocycles. The molecule has 8 nitrogen and oxygen atoms in total. The van der Waals surface area contributed by atoms with Crippen LogP contribution in [-0.2, 0) is 10.0 Å². The number of aliphatic hydroxyl groups excluding tert-OH is 2. The van der Waals surface area contributed by atoms with Crippen molar-refractivity contribution in [2.24, 2.45) is 0 Å². The molecule has 1 aliphatic rings. The topological polar surface area (TPSA) is 125 Å². The standard InChI is InChI=1S/C20H20BrClFN3O5S/c21-11-2-3-14(13(22)6-11)25-18-15(7-16-19(17(18)23)24-10-31-16)26-32(29,30)20(4-1-5-20)8-12(28)9-27/h2-3,6-7,10,12,25-28H,1,4-5,8-9H2. The zero-order chi connectivity index (χ0) is 23.1. The maximum atomic E-state index is 15.3. The van der Waals surface area contributed by atoms with Crippen LogP contribution in [0.1, 0.15) is 25.7 Å². The van der Waals surface area contributed by atoms with E-state index in [2.05, 4.69) is 31.0 Å². The van der Waals surface area contributed by atoms with E-state index in [-0.39, 0.29) is 33.9 Å².